The van der Waals surface area contributed by atoms with Crippen molar-refractivity contribution in [2.24, 2.45) is 11.8 Å². The Balaban J connectivity index is 1.11. The molecule has 14 nitrogen and oxygen atoms in total. The van der Waals surface area contributed by atoms with Crippen molar-refractivity contribution < 1.29 is 28.7 Å². The number of carbonyl (C=O) groups is 4. The maximum atomic E-state index is 13.8. The predicted molar refractivity (Wildman–Crippen MR) is 227 cm³/mol. The number of methoxy groups -OCH3 is 2. The van der Waals surface area contributed by atoms with E-state index in [1.807, 2.05) is 38.7 Å². The number of amides is 4. The van der Waals surface area contributed by atoms with E-state index < -0.39 is 24.3 Å². The molecular weight excluding hydrogens is 749 g/mol. The molecule has 2 aromatic carbocycles. The van der Waals surface area contributed by atoms with Crippen molar-refractivity contribution in [2.45, 2.75) is 78.9 Å². The van der Waals surface area contributed by atoms with Gasteiger partial charge in [0.25, 0.3) is 0 Å². The third-order valence-corrected chi connectivity index (χ3v) is 11.5. The first kappa shape index (κ1) is 40.9. The molecule has 1 saturated heterocycles. The fourth-order valence-electron chi connectivity index (χ4n) is 8.41. The molecule has 310 valence electrons. The van der Waals surface area contributed by atoms with Gasteiger partial charge in [0, 0.05) is 46.7 Å². The number of alkyl carbamates (subject to hydrolysis) is 2. The van der Waals surface area contributed by atoms with Gasteiger partial charge in [0.05, 0.1) is 43.4 Å². The van der Waals surface area contributed by atoms with Gasteiger partial charge in [-0.15, -0.1) is 0 Å². The Hall–Kier alpha value is -6.31. The van der Waals surface area contributed by atoms with E-state index >= 15 is 0 Å². The maximum absolute atomic E-state index is 13.8. The van der Waals surface area contributed by atoms with Crippen LogP contribution in [0.4, 0.5) is 9.59 Å². The van der Waals surface area contributed by atoms with Crippen LogP contribution in [-0.4, -0.2) is 93.1 Å². The number of fused-ring (bicyclic) bond motifs is 1. The molecule has 0 unspecified atom stereocenters. The lowest BCUT2D eigenvalue weighted by Crippen LogP contribution is -2.51. The number of aromatic amines is 3. The zero-order valence-corrected chi connectivity index (χ0v) is 35.0. The highest BCUT2D eigenvalue weighted by Crippen LogP contribution is 2.40. The average molecular weight is 803 g/mol. The molecule has 7 rings (SSSR count). The number of nitrogens with zero attached hydrogens (tertiary/aromatic N) is 3. The van der Waals surface area contributed by atoms with Gasteiger partial charge in [-0.05, 0) is 73.8 Å². The van der Waals surface area contributed by atoms with Crippen molar-refractivity contribution >= 4 is 40.6 Å². The summed E-state index contributed by atoms with van der Waals surface area (Å²) in [7, 11) is 2.58. The summed E-state index contributed by atoms with van der Waals surface area (Å²) in [6.07, 6.45) is 4.88. The predicted octanol–water partition coefficient (Wildman–Crippen LogP) is 7.83. The van der Waals surface area contributed by atoms with Crippen molar-refractivity contribution in [2.75, 3.05) is 27.3 Å². The van der Waals surface area contributed by atoms with Crippen LogP contribution in [0.5, 0.6) is 0 Å². The van der Waals surface area contributed by atoms with Crippen molar-refractivity contribution in [3.8, 4) is 33.6 Å². The number of ether oxygens (including phenoxy) is 2. The van der Waals surface area contributed by atoms with E-state index in [1.165, 1.54) is 14.2 Å². The summed E-state index contributed by atoms with van der Waals surface area (Å²) in [4.78, 5) is 70.4. The number of likely N-dealkylation sites (tertiary alicyclic amines) is 1. The fourth-order valence-corrected chi connectivity index (χ4v) is 8.41. The van der Waals surface area contributed by atoms with E-state index in [2.05, 4.69) is 92.9 Å². The molecule has 1 fully saturated rings. The van der Waals surface area contributed by atoms with Crippen LogP contribution in [0.1, 0.15) is 75.8 Å². The van der Waals surface area contributed by atoms with Crippen LogP contribution in [-0.2, 0) is 19.1 Å². The average Bonchev–Trinajstić information content (AvgIpc) is 4.07. The molecule has 2 aliphatic heterocycles. The molecule has 5 heterocycles. The highest BCUT2D eigenvalue weighted by atomic mass is 16.5. The summed E-state index contributed by atoms with van der Waals surface area (Å²) in [6, 6.07) is 15.4. The first-order chi connectivity index (χ1) is 28.3. The van der Waals surface area contributed by atoms with Gasteiger partial charge in [-0.25, -0.2) is 14.6 Å². The number of nitrogens with one attached hydrogen (secondary N) is 5. The SMILES string of the molecule is COC(=O)N[C@H](C(=O)N1CCC=C1c1ncc(-c2ccc(-c3ccc(-c4cc(C)c([C@@H]5CCCN5C(=O)[C@@H](NC(=O)OC)C(C)C)[nH]4)c4cc(C)[nH]c34)cc2)[nH]1)C(C)C. The van der Waals surface area contributed by atoms with Gasteiger partial charge in [0.1, 0.15) is 12.1 Å². The zero-order valence-electron chi connectivity index (χ0n) is 35.0. The van der Waals surface area contributed by atoms with Crippen molar-refractivity contribution in [1.82, 2.24) is 40.4 Å². The summed E-state index contributed by atoms with van der Waals surface area (Å²) in [5, 5.41) is 6.51. The van der Waals surface area contributed by atoms with Gasteiger partial charge in [0.15, 0.2) is 5.82 Å². The quantitative estimate of drug-likeness (QED) is 0.0904. The molecule has 0 saturated carbocycles. The van der Waals surface area contributed by atoms with Gasteiger partial charge in [-0.1, -0.05) is 70.2 Å². The van der Waals surface area contributed by atoms with Crippen LogP contribution < -0.4 is 10.6 Å². The van der Waals surface area contributed by atoms with Crippen LogP contribution >= 0.6 is 0 Å². The molecule has 5 N–H and O–H groups in total. The van der Waals surface area contributed by atoms with E-state index in [0.29, 0.717) is 31.0 Å². The van der Waals surface area contributed by atoms with E-state index in [4.69, 9.17) is 9.47 Å². The Morgan fingerprint density at radius 2 is 1.42 bits per heavy atom. The van der Waals surface area contributed by atoms with Crippen LogP contribution in [0.25, 0.3) is 50.2 Å². The van der Waals surface area contributed by atoms with E-state index in [-0.39, 0.29) is 29.7 Å². The molecule has 0 spiro atoms. The number of benzene rings is 2. The Kier molecular flexibility index (Phi) is 11.7. The second kappa shape index (κ2) is 16.9. The van der Waals surface area contributed by atoms with Crippen LogP contribution in [0.15, 0.2) is 60.8 Å². The molecule has 3 aromatic heterocycles. The van der Waals surface area contributed by atoms with Gasteiger partial charge in [0.2, 0.25) is 11.8 Å². The molecule has 14 heteroatoms. The maximum Gasteiger partial charge on any atom is 0.407 e. The first-order valence-electron chi connectivity index (χ1n) is 20.3. The summed E-state index contributed by atoms with van der Waals surface area (Å²) >= 11 is 0. The van der Waals surface area contributed by atoms with Crippen molar-refractivity contribution in [3.63, 3.8) is 0 Å². The van der Waals surface area contributed by atoms with Crippen LogP contribution in [0.2, 0.25) is 0 Å². The largest absolute Gasteiger partial charge is 0.453 e. The molecule has 0 radical (unpaired) electrons. The number of carbonyl (C=O) groups excluding carboxylic acids is 4. The molecule has 0 bridgehead atoms. The Morgan fingerprint density at radius 3 is 2.08 bits per heavy atom. The van der Waals surface area contributed by atoms with E-state index in [9.17, 15) is 19.2 Å². The lowest BCUT2D eigenvalue weighted by Gasteiger charge is -2.30. The molecule has 0 aliphatic carbocycles. The van der Waals surface area contributed by atoms with E-state index in [1.54, 1.807) is 11.1 Å². The number of imidazole rings is 1. The number of hydrogen-bond acceptors (Lipinski definition) is 7. The minimum Gasteiger partial charge on any atom is -0.453 e. The Bertz CT molecular complexity index is 2400. The lowest BCUT2D eigenvalue weighted by molar-refractivity contribution is -0.135. The summed E-state index contributed by atoms with van der Waals surface area (Å²) in [5.41, 5.74) is 10.7. The standard InChI is InChI=1S/C45H54N8O6/c1-24(2)37(50-44(56)58-7)42(54)52-19-9-11-35(52)39-26(5)21-33(48-39)31-18-17-30(40-32(31)22-27(6)47-40)28-13-15-29(16-14-28)34-23-46-41(49-34)36-12-10-20-53(36)43(55)38(25(3)4)51-45(57)59-8/h12-18,21-25,35,37-38,47-48H,9-11,19-20H2,1-8H3,(H,46,49)(H,50,56)(H,51,57)/t35-,37-,38-/m0/s1. The second-order valence-corrected chi connectivity index (χ2v) is 16.2. The number of H-pyrrole nitrogens is 3. The van der Waals surface area contributed by atoms with E-state index in [0.717, 1.165) is 74.3 Å². The van der Waals surface area contributed by atoms with Crippen molar-refractivity contribution in [1.29, 1.82) is 0 Å². The molecule has 4 amide bonds. The minimum absolute atomic E-state index is 0.103. The number of aryl methyl sites for hydroxylation is 2. The summed E-state index contributed by atoms with van der Waals surface area (Å²) in [6.45, 7) is 12.9. The molecule has 3 atom stereocenters. The van der Waals surface area contributed by atoms with Gasteiger partial charge in [-0.3, -0.25) is 9.59 Å². The highest BCUT2D eigenvalue weighted by Gasteiger charge is 2.38. The fraction of sp³-hybridized carbons (Fsp3) is 0.400. The van der Waals surface area contributed by atoms with Gasteiger partial charge < -0.3 is 44.9 Å². The second-order valence-electron chi connectivity index (χ2n) is 16.2. The molecular formula is C45H54N8O6. The monoisotopic (exact) mass is 802 g/mol. The summed E-state index contributed by atoms with van der Waals surface area (Å²) < 4.78 is 9.58. The third kappa shape index (κ3) is 8.08. The minimum atomic E-state index is -0.735. The zero-order chi connectivity index (χ0) is 42.1. The topological polar surface area (TPSA) is 178 Å². The molecule has 5 aromatic rings. The van der Waals surface area contributed by atoms with Crippen molar-refractivity contribution in [3.05, 3.63) is 83.6 Å². The van der Waals surface area contributed by atoms with Crippen LogP contribution in [0.3, 0.4) is 0 Å². The van der Waals surface area contributed by atoms with Gasteiger partial charge in [-0.2, -0.15) is 0 Å². The summed E-state index contributed by atoms with van der Waals surface area (Å²) in [5.74, 6) is 0.0280. The van der Waals surface area contributed by atoms with Gasteiger partial charge >= 0.3 is 12.2 Å². The lowest BCUT2D eigenvalue weighted by atomic mass is 9.97. The molecule has 59 heavy (non-hydrogen) atoms. The normalized spacial score (nSPS) is 16.4. The number of rotatable bonds is 11. The first-order valence-corrected chi connectivity index (χ1v) is 20.3. The Morgan fingerprint density at radius 1 is 0.780 bits per heavy atom. The molecule has 2 aliphatic rings. The third-order valence-electron chi connectivity index (χ3n) is 11.5. The number of hydrogen-bond donors (Lipinski definition) is 5. The highest BCUT2D eigenvalue weighted by molar-refractivity contribution is 6.03. The van der Waals surface area contributed by atoms with Crippen LogP contribution in [0, 0.1) is 25.7 Å². The Labute approximate surface area is 344 Å². The number of aromatic nitrogens is 4. The smallest absolute Gasteiger partial charge is 0.407 e.